The third kappa shape index (κ3) is 2.72. The maximum atomic E-state index is 9.76. The summed E-state index contributed by atoms with van der Waals surface area (Å²) in [5.74, 6) is 2.25. The molecule has 18 heavy (non-hydrogen) atoms. The normalized spacial score (nSPS) is 20.2. The Morgan fingerprint density at radius 3 is 2.89 bits per heavy atom. The molecule has 1 aliphatic rings. The van der Waals surface area contributed by atoms with Gasteiger partial charge in [0, 0.05) is 25.1 Å². The molecule has 1 aromatic heterocycles. The van der Waals surface area contributed by atoms with Crippen molar-refractivity contribution < 1.29 is 5.11 Å². The van der Waals surface area contributed by atoms with Crippen LogP contribution < -0.4 is 10.6 Å². The fourth-order valence-electron chi connectivity index (χ4n) is 2.36. The molecule has 0 aromatic carbocycles. The summed E-state index contributed by atoms with van der Waals surface area (Å²) in [6, 6.07) is 0. The van der Waals surface area contributed by atoms with Crippen molar-refractivity contribution in [3.8, 4) is 0 Å². The lowest BCUT2D eigenvalue weighted by atomic mass is 10.1. The Bertz CT molecular complexity index is 422. The Morgan fingerprint density at radius 2 is 2.22 bits per heavy atom. The van der Waals surface area contributed by atoms with Gasteiger partial charge in [-0.2, -0.15) is 0 Å². The molecule has 2 heterocycles. The van der Waals surface area contributed by atoms with Gasteiger partial charge in [0.2, 0.25) is 0 Å². The number of hydrogen-bond acceptors (Lipinski definition) is 5. The summed E-state index contributed by atoms with van der Waals surface area (Å²) in [5, 5.41) is 9.76. The number of aromatic nitrogens is 2. The molecule has 1 fully saturated rings. The van der Waals surface area contributed by atoms with E-state index in [2.05, 4.69) is 21.8 Å². The standard InChI is InChI=1S/C13H22N4O/c1-3-5-11-15-12(14)9(2)13(16-11)17-7-4-6-10(18)8-17/h10,18H,3-8H2,1-2H3,(H2,14,15,16). The van der Waals surface area contributed by atoms with Crippen LogP contribution in [0.3, 0.4) is 0 Å². The van der Waals surface area contributed by atoms with Crippen molar-refractivity contribution in [2.45, 2.75) is 45.6 Å². The summed E-state index contributed by atoms with van der Waals surface area (Å²) in [6.45, 7) is 5.62. The summed E-state index contributed by atoms with van der Waals surface area (Å²) in [5.41, 5.74) is 6.87. The number of anilines is 2. The van der Waals surface area contributed by atoms with Crippen LogP contribution in [0.1, 0.15) is 37.6 Å². The van der Waals surface area contributed by atoms with Crippen LogP contribution in [-0.4, -0.2) is 34.3 Å². The van der Waals surface area contributed by atoms with Crippen molar-refractivity contribution in [2.75, 3.05) is 23.7 Å². The van der Waals surface area contributed by atoms with Gasteiger partial charge in [0.1, 0.15) is 17.5 Å². The van der Waals surface area contributed by atoms with Crippen molar-refractivity contribution in [1.82, 2.24) is 9.97 Å². The summed E-state index contributed by atoms with van der Waals surface area (Å²) in [7, 11) is 0. The van der Waals surface area contributed by atoms with Gasteiger partial charge < -0.3 is 15.7 Å². The second kappa shape index (κ2) is 5.52. The van der Waals surface area contributed by atoms with Gasteiger partial charge in [-0.3, -0.25) is 0 Å². The summed E-state index contributed by atoms with van der Waals surface area (Å²) in [4.78, 5) is 11.0. The highest BCUT2D eigenvalue weighted by atomic mass is 16.3. The van der Waals surface area contributed by atoms with Gasteiger partial charge in [0.05, 0.1) is 6.10 Å². The maximum Gasteiger partial charge on any atom is 0.137 e. The summed E-state index contributed by atoms with van der Waals surface area (Å²) in [6.07, 6.45) is 3.45. The van der Waals surface area contributed by atoms with E-state index in [0.29, 0.717) is 12.4 Å². The molecule has 2 rings (SSSR count). The molecule has 1 aromatic rings. The minimum atomic E-state index is -0.260. The Kier molecular flexibility index (Phi) is 4.01. The smallest absolute Gasteiger partial charge is 0.137 e. The second-order valence-electron chi connectivity index (χ2n) is 4.97. The van der Waals surface area contributed by atoms with Crippen molar-refractivity contribution in [3.05, 3.63) is 11.4 Å². The Balaban J connectivity index is 2.30. The van der Waals surface area contributed by atoms with E-state index in [1.807, 2.05) is 6.92 Å². The molecule has 1 aliphatic heterocycles. The number of aliphatic hydroxyl groups is 1. The van der Waals surface area contributed by atoms with Gasteiger partial charge in [-0.25, -0.2) is 9.97 Å². The quantitative estimate of drug-likeness (QED) is 0.845. The van der Waals surface area contributed by atoms with Gasteiger partial charge in [-0.1, -0.05) is 6.92 Å². The number of nitrogen functional groups attached to an aromatic ring is 1. The molecule has 0 spiro atoms. The van der Waals surface area contributed by atoms with E-state index in [-0.39, 0.29) is 6.10 Å². The van der Waals surface area contributed by atoms with E-state index in [1.165, 1.54) is 0 Å². The number of β-amino-alcohol motifs (C(OH)–C–C–N with tert-alkyl or cyclic N) is 1. The van der Waals surface area contributed by atoms with Crippen molar-refractivity contribution in [1.29, 1.82) is 0 Å². The van der Waals surface area contributed by atoms with Crippen LogP contribution in [0.5, 0.6) is 0 Å². The molecule has 5 nitrogen and oxygen atoms in total. The molecule has 1 saturated heterocycles. The number of rotatable bonds is 3. The molecule has 1 unspecified atom stereocenters. The van der Waals surface area contributed by atoms with Gasteiger partial charge in [-0.15, -0.1) is 0 Å². The SMILES string of the molecule is CCCc1nc(N)c(C)c(N2CCCC(O)C2)n1. The molecule has 0 radical (unpaired) electrons. The largest absolute Gasteiger partial charge is 0.391 e. The van der Waals surface area contributed by atoms with Crippen molar-refractivity contribution in [2.24, 2.45) is 0 Å². The number of piperidine rings is 1. The van der Waals surface area contributed by atoms with Crippen molar-refractivity contribution in [3.63, 3.8) is 0 Å². The average Bonchev–Trinajstić information content (AvgIpc) is 2.34. The lowest BCUT2D eigenvalue weighted by Gasteiger charge is -2.32. The van der Waals surface area contributed by atoms with Crippen LogP contribution in [0.15, 0.2) is 0 Å². The first-order chi connectivity index (χ1) is 8.61. The molecule has 5 heteroatoms. The predicted molar refractivity (Wildman–Crippen MR) is 72.6 cm³/mol. The number of nitrogens with two attached hydrogens (primary N) is 1. The molecule has 0 amide bonds. The van der Waals surface area contributed by atoms with Crippen LogP contribution >= 0.6 is 0 Å². The first kappa shape index (κ1) is 13.1. The lowest BCUT2D eigenvalue weighted by Crippen LogP contribution is -2.39. The van der Waals surface area contributed by atoms with Gasteiger partial charge in [-0.05, 0) is 26.2 Å². The molecule has 100 valence electrons. The topological polar surface area (TPSA) is 75.3 Å². The zero-order valence-corrected chi connectivity index (χ0v) is 11.2. The number of aryl methyl sites for hydroxylation is 1. The minimum Gasteiger partial charge on any atom is -0.391 e. The summed E-state index contributed by atoms with van der Waals surface area (Å²) < 4.78 is 0. The monoisotopic (exact) mass is 250 g/mol. The molecule has 0 saturated carbocycles. The highest BCUT2D eigenvalue weighted by Crippen LogP contribution is 2.25. The fourth-order valence-corrected chi connectivity index (χ4v) is 2.36. The number of aliphatic hydroxyl groups excluding tert-OH is 1. The third-order valence-corrected chi connectivity index (χ3v) is 3.37. The van der Waals surface area contributed by atoms with E-state index < -0.39 is 0 Å². The Morgan fingerprint density at radius 1 is 1.44 bits per heavy atom. The first-order valence-corrected chi connectivity index (χ1v) is 6.67. The van der Waals surface area contributed by atoms with Gasteiger partial charge >= 0.3 is 0 Å². The van der Waals surface area contributed by atoms with E-state index in [1.54, 1.807) is 0 Å². The maximum absolute atomic E-state index is 9.76. The third-order valence-electron chi connectivity index (χ3n) is 3.37. The molecule has 1 atom stereocenters. The minimum absolute atomic E-state index is 0.260. The summed E-state index contributed by atoms with van der Waals surface area (Å²) >= 11 is 0. The molecular formula is C13H22N4O. The number of hydrogen-bond donors (Lipinski definition) is 2. The number of nitrogens with zero attached hydrogens (tertiary/aromatic N) is 3. The van der Waals surface area contributed by atoms with E-state index >= 15 is 0 Å². The van der Waals surface area contributed by atoms with Gasteiger partial charge in [0.15, 0.2) is 0 Å². The van der Waals surface area contributed by atoms with Crippen LogP contribution in [0.4, 0.5) is 11.6 Å². The van der Waals surface area contributed by atoms with E-state index in [9.17, 15) is 5.11 Å². The van der Waals surface area contributed by atoms with Crippen LogP contribution in [0.25, 0.3) is 0 Å². The predicted octanol–water partition coefficient (Wildman–Crippen LogP) is 1.28. The lowest BCUT2D eigenvalue weighted by molar-refractivity contribution is 0.154. The van der Waals surface area contributed by atoms with Crippen LogP contribution in [-0.2, 0) is 6.42 Å². The van der Waals surface area contributed by atoms with Crippen molar-refractivity contribution >= 4 is 11.6 Å². The highest BCUT2D eigenvalue weighted by Gasteiger charge is 2.21. The zero-order valence-electron chi connectivity index (χ0n) is 11.2. The average molecular weight is 250 g/mol. The fraction of sp³-hybridized carbons (Fsp3) is 0.692. The van der Waals surface area contributed by atoms with E-state index in [4.69, 9.17) is 5.73 Å². The van der Waals surface area contributed by atoms with Gasteiger partial charge in [0.25, 0.3) is 0 Å². The molecule has 0 bridgehead atoms. The second-order valence-corrected chi connectivity index (χ2v) is 4.97. The van der Waals surface area contributed by atoms with Crippen LogP contribution in [0, 0.1) is 6.92 Å². The highest BCUT2D eigenvalue weighted by molar-refractivity contribution is 5.56. The first-order valence-electron chi connectivity index (χ1n) is 6.67. The van der Waals surface area contributed by atoms with E-state index in [0.717, 1.165) is 49.4 Å². The molecular weight excluding hydrogens is 228 g/mol. The molecule has 3 N–H and O–H groups in total. The zero-order chi connectivity index (χ0) is 13.1. The van der Waals surface area contributed by atoms with Crippen LogP contribution in [0.2, 0.25) is 0 Å². The molecule has 0 aliphatic carbocycles. The Hall–Kier alpha value is -1.36. The Labute approximate surface area is 108 Å².